The van der Waals surface area contributed by atoms with Crippen molar-refractivity contribution in [3.8, 4) is 11.1 Å². The fourth-order valence-electron chi connectivity index (χ4n) is 3.01. The summed E-state index contributed by atoms with van der Waals surface area (Å²) in [6.07, 6.45) is 0. The summed E-state index contributed by atoms with van der Waals surface area (Å²) < 4.78 is 10.1. The molecule has 7 nitrogen and oxygen atoms in total. The maximum absolute atomic E-state index is 12.8. The minimum Gasteiger partial charge on any atom is -0.383 e. The van der Waals surface area contributed by atoms with Crippen molar-refractivity contribution in [2.45, 2.75) is 26.8 Å². The predicted molar refractivity (Wildman–Crippen MR) is 115 cm³/mol. The van der Waals surface area contributed by atoms with Crippen LogP contribution in [0.15, 0.2) is 53.1 Å². The molecular formula is C23H25N3O4. The maximum Gasteiger partial charge on any atom is 0.277 e. The van der Waals surface area contributed by atoms with Crippen molar-refractivity contribution in [1.82, 2.24) is 10.5 Å². The molecule has 1 heterocycles. The first kappa shape index (κ1) is 21.3. The number of rotatable bonds is 7. The molecule has 0 aliphatic carbocycles. The van der Waals surface area contributed by atoms with E-state index in [4.69, 9.17) is 9.26 Å². The maximum atomic E-state index is 12.8. The smallest absolute Gasteiger partial charge is 0.277 e. The minimum absolute atomic E-state index is 0.151. The molecular weight excluding hydrogens is 382 g/mol. The first-order valence-corrected chi connectivity index (χ1v) is 9.62. The predicted octanol–water partition coefficient (Wildman–Crippen LogP) is 3.98. The number of benzene rings is 2. The Hall–Kier alpha value is -3.45. The molecule has 2 aromatic carbocycles. The Morgan fingerprint density at radius 1 is 1.03 bits per heavy atom. The van der Waals surface area contributed by atoms with E-state index in [1.165, 1.54) is 0 Å². The highest BCUT2D eigenvalue weighted by molar-refractivity contribution is 6.04. The first-order valence-electron chi connectivity index (χ1n) is 9.62. The summed E-state index contributed by atoms with van der Waals surface area (Å²) in [5, 5.41) is 9.44. The summed E-state index contributed by atoms with van der Waals surface area (Å²) in [4.78, 5) is 25.3. The molecule has 30 heavy (non-hydrogen) atoms. The number of hydrogen-bond donors (Lipinski definition) is 2. The molecule has 0 spiro atoms. The summed E-state index contributed by atoms with van der Waals surface area (Å²) >= 11 is 0. The SMILES string of the molecule is COCC(C)NC(=O)c1cc(NC(=O)c2cc(C)on2)cc(-c2ccc(C)cc2)c1. The highest BCUT2D eigenvalue weighted by Crippen LogP contribution is 2.26. The zero-order valence-electron chi connectivity index (χ0n) is 17.5. The van der Waals surface area contributed by atoms with Crippen LogP contribution in [0.5, 0.6) is 0 Å². The lowest BCUT2D eigenvalue weighted by atomic mass is 10.0. The van der Waals surface area contributed by atoms with Gasteiger partial charge in [-0.15, -0.1) is 0 Å². The molecule has 3 rings (SSSR count). The quantitative estimate of drug-likeness (QED) is 0.618. The van der Waals surface area contributed by atoms with Crippen LogP contribution in [0.3, 0.4) is 0 Å². The van der Waals surface area contributed by atoms with Crippen LogP contribution in [-0.2, 0) is 4.74 Å². The van der Waals surface area contributed by atoms with Gasteiger partial charge in [0.15, 0.2) is 5.69 Å². The number of nitrogens with one attached hydrogen (secondary N) is 2. The molecule has 0 bridgehead atoms. The molecule has 1 atom stereocenters. The molecule has 0 aliphatic heterocycles. The van der Waals surface area contributed by atoms with Crippen molar-refractivity contribution < 1.29 is 18.8 Å². The number of nitrogens with zero attached hydrogens (tertiary/aromatic N) is 1. The van der Waals surface area contributed by atoms with Gasteiger partial charge in [-0.2, -0.15) is 0 Å². The molecule has 0 saturated carbocycles. The highest BCUT2D eigenvalue weighted by Gasteiger charge is 2.16. The van der Waals surface area contributed by atoms with Crippen LogP contribution in [0.2, 0.25) is 0 Å². The van der Waals surface area contributed by atoms with Crippen molar-refractivity contribution in [3.63, 3.8) is 0 Å². The van der Waals surface area contributed by atoms with Gasteiger partial charge in [-0.3, -0.25) is 9.59 Å². The van der Waals surface area contributed by atoms with Crippen molar-refractivity contribution in [2.24, 2.45) is 0 Å². The van der Waals surface area contributed by atoms with Crippen LogP contribution in [0, 0.1) is 13.8 Å². The van der Waals surface area contributed by atoms with E-state index in [0.717, 1.165) is 16.7 Å². The second kappa shape index (κ2) is 9.37. The van der Waals surface area contributed by atoms with Crippen LogP contribution < -0.4 is 10.6 Å². The van der Waals surface area contributed by atoms with E-state index in [0.29, 0.717) is 23.6 Å². The Kier molecular flexibility index (Phi) is 6.64. The average molecular weight is 407 g/mol. The van der Waals surface area contributed by atoms with Gasteiger partial charge >= 0.3 is 0 Å². The molecule has 0 fully saturated rings. The Morgan fingerprint density at radius 2 is 1.77 bits per heavy atom. The van der Waals surface area contributed by atoms with Crippen LogP contribution >= 0.6 is 0 Å². The summed E-state index contributed by atoms with van der Waals surface area (Å²) in [7, 11) is 1.58. The van der Waals surface area contributed by atoms with Crippen molar-refractivity contribution >= 4 is 17.5 Å². The van der Waals surface area contributed by atoms with Crippen LogP contribution in [0.4, 0.5) is 5.69 Å². The third kappa shape index (κ3) is 5.33. The van der Waals surface area contributed by atoms with Gasteiger partial charge in [0.1, 0.15) is 5.76 Å². The minimum atomic E-state index is -0.410. The Bertz CT molecular complexity index is 1040. The number of aromatic nitrogens is 1. The van der Waals surface area contributed by atoms with E-state index in [2.05, 4.69) is 15.8 Å². The Balaban J connectivity index is 1.94. The summed E-state index contributed by atoms with van der Waals surface area (Å²) in [5.41, 5.74) is 3.98. The standard InChI is InChI=1S/C23H25N3O4/c1-14-5-7-17(8-6-14)18-10-19(22(27)24-15(2)13-29-4)12-20(11-18)25-23(28)21-9-16(3)30-26-21/h5-12,15H,13H2,1-4H3,(H,24,27)(H,25,28). The fourth-order valence-corrected chi connectivity index (χ4v) is 3.01. The van der Waals surface area contributed by atoms with E-state index in [1.54, 1.807) is 32.2 Å². The Labute approximate surface area is 175 Å². The highest BCUT2D eigenvalue weighted by atomic mass is 16.5. The number of aryl methyl sites for hydroxylation is 2. The molecule has 0 aliphatic rings. The third-order valence-electron chi connectivity index (χ3n) is 4.49. The summed E-state index contributed by atoms with van der Waals surface area (Å²) in [6.45, 7) is 5.99. The molecule has 7 heteroatoms. The topological polar surface area (TPSA) is 93.5 Å². The van der Waals surface area contributed by atoms with Gasteiger partial charge in [0, 0.05) is 30.5 Å². The van der Waals surface area contributed by atoms with E-state index >= 15 is 0 Å². The largest absolute Gasteiger partial charge is 0.383 e. The van der Waals surface area contributed by atoms with Gasteiger partial charge in [-0.1, -0.05) is 35.0 Å². The second-order valence-electron chi connectivity index (χ2n) is 7.27. The number of hydrogen-bond acceptors (Lipinski definition) is 5. The van der Waals surface area contributed by atoms with E-state index < -0.39 is 5.91 Å². The van der Waals surface area contributed by atoms with E-state index in [1.807, 2.05) is 44.2 Å². The molecule has 156 valence electrons. The first-order chi connectivity index (χ1) is 14.4. The van der Waals surface area contributed by atoms with Crippen molar-refractivity contribution in [1.29, 1.82) is 0 Å². The van der Waals surface area contributed by atoms with Gasteiger partial charge in [0.25, 0.3) is 11.8 Å². The zero-order chi connectivity index (χ0) is 21.7. The fraction of sp³-hybridized carbons (Fsp3) is 0.261. The van der Waals surface area contributed by atoms with Crippen molar-refractivity contribution in [2.75, 3.05) is 19.0 Å². The van der Waals surface area contributed by atoms with Crippen molar-refractivity contribution in [3.05, 3.63) is 71.1 Å². The van der Waals surface area contributed by atoms with Gasteiger partial charge in [0.05, 0.1) is 6.61 Å². The average Bonchev–Trinajstić information content (AvgIpc) is 3.15. The molecule has 2 amide bonds. The van der Waals surface area contributed by atoms with Crippen LogP contribution in [0.1, 0.15) is 39.1 Å². The lowest BCUT2D eigenvalue weighted by Crippen LogP contribution is -2.35. The number of amides is 2. The van der Waals surface area contributed by atoms with Gasteiger partial charge < -0.3 is 19.9 Å². The number of methoxy groups -OCH3 is 1. The van der Waals surface area contributed by atoms with Gasteiger partial charge in [-0.05, 0) is 50.1 Å². The number of carbonyl (C=O) groups excluding carboxylic acids is 2. The zero-order valence-corrected chi connectivity index (χ0v) is 17.5. The normalized spacial score (nSPS) is 11.7. The van der Waals surface area contributed by atoms with E-state index in [9.17, 15) is 9.59 Å². The lowest BCUT2D eigenvalue weighted by Gasteiger charge is -2.15. The molecule has 2 N–H and O–H groups in total. The molecule has 3 aromatic rings. The van der Waals surface area contributed by atoms with Crippen LogP contribution in [0.25, 0.3) is 11.1 Å². The number of ether oxygens (including phenoxy) is 1. The second-order valence-corrected chi connectivity index (χ2v) is 7.27. The molecule has 0 saturated heterocycles. The van der Waals surface area contributed by atoms with Gasteiger partial charge in [0.2, 0.25) is 0 Å². The van der Waals surface area contributed by atoms with Gasteiger partial charge in [-0.25, -0.2) is 0 Å². The van der Waals surface area contributed by atoms with E-state index in [-0.39, 0.29) is 17.6 Å². The molecule has 1 aromatic heterocycles. The number of carbonyl (C=O) groups is 2. The summed E-state index contributed by atoms with van der Waals surface area (Å²) in [6, 6.07) is 14.6. The monoisotopic (exact) mass is 407 g/mol. The third-order valence-corrected chi connectivity index (χ3v) is 4.49. The lowest BCUT2D eigenvalue weighted by molar-refractivity contribution is 0.0904. The Morgan fingerprint density at radius 3 is 2.40 bits per heavy atom. The number of anilines is 1. The summed E-state index contributed by atoms with van der Waals surface area (Å²) in [5.74, 6) is -0.117. The molecule has 1 unspecified atom stereocenters. The van der Waals surface area contributed by atoms with Crippen LogP contribution in [-0.4, -0.2) is 36.7 Å². The molecule has 0 radical (unpaired) electrons.